The molecule has 0 radical (unpaired) electrons. The Bertz CT molecular complexity index is 529. The van der Waals surface area contributed by atoms with E-state index in [1.807, 2.05) is 0 Å². The van der Waals surface area contributed by atoms with Gasteiger partial charge >= 0.3 is 5.97 Å². The predicted octanol–water partition coefficient (Wildman–Crippen LogP) is -1.45. The van der Waals surface area contributed by atoms with Crippen LogP contribution in [0, 0.1) is 0 Å². The Morgan fingerprint density at radius 1 is 0.774 bits per heavy atom. The molecule has 0 saturated carbocycles. The largest absolute Gasteiger partial charge is 0.481 e. The third-order valence-electron chi connectivity index (χ3n) is 5.84. The van der Waals surface area contributed by atoms with Crippen LogP contribution in [0.2, 0.25) is 0 Å². The van der Waals surface area contributed by atoms with Gasteiger partial charge < -0.3 is 37.0 Å². The minimum atomic E-state index is -0.870. The highest BCUT2D eigenvalue weighted by molar-refractivity contribution is 5.77. The molecule has 180 valence electrons. The first kappa shape index (κ1) is 26.0. The predicted molar refractivity (Wildman–Crippen MR) is 122 cm³/mol. The van der Waals surface area contributed by atoms with E-state index in [2.05, 4.69) is 44.1 Å². The quantitative estimate of drug-likeness (QED) is 0.257. The third kappa shape index (κ3) is 10.7. The Labute approximate surface area is 186 Å². The van der Waals surface area contributed by atoms with Gasteiger partial charge in [-0.15, -0.1) is 0 Å². The number of nitrogens with one attached hydrogen (secondary N) is 7. The van der Waals surface area contributed by atoms with E-state index in [9.17, 15) is 9.59 Å². The molecule has 2 fully saturated rings. The van der Waals surface area contributed by atoms with Crippen LogP contribution < -0.4 is 37.2 Å². The molecule has 2 heterocycles. The second-order valence-corrected chi connectivity index (χ2v) is 9.06. The zero-order valence-electron chi connectivity index (χ0n) is 19.1. The number of carboxylic acids is 1. The summed E-state index contributed by atoms with van der Waals surface area (Å²) < 4.78 is 0. The monoisotopic (exact) mass is 441 g/mol. The van der Waals surface area contributed by atoms with E-state index in [-0.39, 0.29) is 24.3 Å². The van der Waals surface area contributed by atoms with Crippen molar-refractivity contribution >= 4 is 11.9 Å². The van der Waals surface area contributed by atoms with Gasteiger partial charge in [0.1, 0.15) is 5.66 Å². The summed E-state index contributed by atoms with van der Waals surface area (Å²) in [4.78, 5) is 23.4. The van der Waals surface area contributed by atoms with Crippen molar-refractivity contribution in [1.29, 1.82) is 0 Å². The van der Waals surface area contributed by atoms with Gasteiger partial charge in [0.2, 0.25) is 5.91 Å². The molecular weight excluding hydrogens is 398 g/mol. The molecule has 0 aromatic carbocycles. The van der Waals surface area contributed by atoms with Crippen LogP contribution in [0.1, 0.15) is 45.4 Å². The molecule has 0 unspecified atom stereocenters. The van der Waals surface area contributed by atoms with Crippen LogP contribution in [0.5, 0.6) is 0 Å². The molecule has 2 rings (SSSR count). The van der Waals surface area contributed by atoms with Crippen molar-refractivity contribution in [2.24, 2.45) is 0 Å². The summed E-state index contributed by atoms with van der Waals surface area (Å²) in [5, 5.41) is 33.5. The number of hydrogen-bond donors (Lipinski definition) is 8. The highest BCUT2D eigenvalue weighted by Gasteiger charge is 2.31. The maximum absolute atomic E-state index is 12.6. The number of fused-ring (bicyclic) bond motifs is 6. The highest BCUT2D eigenvalue weighted by atomic mass is 16.4. The van der Waals surface area contributed by atoms with Crippen LogP contribution in [0.25, 0.3) is 0 Å². The molecule has 0 aliphatic carbocycles. The van der Waals surface area contributed by atoms with E-state index in [4.69, 9.17) is 5.11 Å². The number of carbonyl (C=O) groups is 2. The lowest BCUT2D eigenvalue weighted by Crippen LogP contribution is -2.69. The number of aliphatic carboxylic acids is 1. The fourth-order valence-electron chi connectivity index (χ4n) is 4.05. The van der Waals surface area contributed by atoms with Gasteiger partial charge in [-0.25, -0.2) is 0 Å². The third-order valence-corrected chi connectivity index (χ3v) is 5.84. The van der Waals surface area contributed by atoms with E-state index >= 15 is 0 Å². The Balaban J connectivity index is 2.08. The lowest BCUT2D eigenvalue weighted by Gasteiger charge is -2.38. The lowest BCUT2D eigenvalue weighted by molar-refractivity contribution is -0.137. The van der Waals surface area contributed by atoms with Gasteiger partial charge in [0.25, 0.3) is 0 Å². The zero-order chi connectivity index (χ0) is 22.4. The topological polar surface area (TPSA) is 139 Å². The van der Waals surface area contributed by atoms with Crippen molar-refractivity contribution in [1.82, 2.24) is 37.2 Å². The molecule has 2 aliphatic heterocycles. The number of carboxylic acid groups (broad SMARTS) is 1. The Morgan fingerprint density at radius 2 is 1.29 bits per heavy atom. The van der Waals surface area contributed by atoms with E-state index in [0.717, 1.165) is 71.6 Å². The first-order chi connectivity index (χ1) is 14.9. The van der Waals surface area contributed by atoms with Gasteiger partial charge in [0, 0.05) is 44.6 Å². The average Bonchev–Trinajstić information content (AvgIpc) is 2.71. The van der Waals surface area contributed by atoms with Crippen LogP contribution in [0.3, 0.4) is 0 Å². The van der Waals surface area contributed by atoms with Crippen LogP contribution in [0.15, 0.2) is 0 Å². The fraction of sp³-hybridized carbons (Fsp3) is 0.905. The molecule has 2 saturated heterocycles. The molecule has 31 heavy (non-hydrogen) atoms. The Morgan fingerprint density at radius 3 is 1.87 bits per heavy atom. The molecule has 2 aliphatic rings. The minimum absolute atomic E-state index is 0.00872. The van der Waals surface area contributed by atoms with Gasteiger partial charge in [-0.2, -0.15) is 0 Å². The van der Waals surface area contributed by atoms with E-state index in [1.165, 1.54) is 0 Å². The van der Waals surface area contributed by atoms with E-state index in [1.54, 1.807) is 0 Å². The first-order valence-electron chi connectivity index (χ1n) is 11.8. The SMILES string of the molecule is CC12CNCCCNCC(NC(=O)CCCC(=O)O)(CNCCCNC1)NCCCN2. The summed E-state index contributed by atoms with van der Waals surface area (Å²) in [6, 6.07) is 0. The van der Waals surface area contributed by atoms with Crippen LogP contribution >= 0.6 is 0 Å². The second-order valence-electron chi connectivity index (χ2n) is 9.06. The standard InChI is InChI=1S/C21H43N7O3/c1-20-14-22-8-3-10-24-16-21(27-13-5-12-26-20,17-25-11-4-9-23-15-20)28-18(29)6-2-7-19(30)31/h22-27H,2-17H2,1H3,(H,28,29)(H,30,31). The van der Waals surface area contributed by atoms with E-state index in [0.29, 0.717) is 19.5 Å². The number of carbonyl (C=O) groups excluding carboxylic acids is 1. The summed E-state index contributed by atoms with van der Waals surface area (Å²) in [5.41, 5.74) is -0.622. The Hall–Kier alpha value is -1.30. The maximum Gasteiger partial charge on any atom is 0.303 e. The van der Waals surface area contributed by atoms with Crippen LogP contribution in [0.4, 0.5) is 0 Å². The first-order valence-corrected chi connectivity index (χ1v) is 11.8. The average molecular weight is 442 g/mol. The van der Waals surface area contributed by atoms with Gasteiger partial charge in [-0.1, -0.05) is 0 Å². The molecule has 8 N–H and O–H groups in total. The van der Waals surface area contributed by atoms with Gasteiger partial charge in [0.15, 0.2) is 0 Å². The van der Waals surface area contributed by atoms with E-state index < -0.39 is 11.6 Å². The number of hydrogen-bond acceptors (Lipinski definition) is 8. The molecule has 10 nitrogen and oxygen atoms in total. The van der Waals surface area contributed by atoms with Crippen molar-refractivity contribution in [3.63, 3.8) is 0 Å². The fourth-order valence-corrected chi connectivity index (χ4v) is 4.05. The normalized spacial score (nSPS) is 30.0. The van der Waals surface area contributed by atoms with Gasteiger partial charge in [0.05, 0.1) is 0 Å². The number of amides is 1. The maximum atomic E-state index is 12.6. The van der Waals surface area contributed by atoms with Crippen molar-refractivity contribution in [2.45, 2.75) is 56.7 Å². The summed E-state index contributed by atoms with van der Waals surface area (Å²) >= 11 is 0. The molecular formula is C21H43N7O3. The molecule has 0 aromatic rings. The molecule has 10 heteroatoms. The number of rotatable bonds is 5. The van der Waals surface area contributed by atoms with Gasteiger partial charge in [-0.3, -0.25) is 14.9 Å². The van der Waals surface area contributed by atoms with Gasteiger partial charge in [-0.05, 0) is 71.9 Å². The van der Waals surface area contributed by atoms with Crippen LogP contribution in [-0.2, 0) is 9.59 Å². The molecule has 2 bridgehead atoms. The minimum Gasteiger partial charge on any atom is -0.481 e. The van der Waals surface area contributed by atoms with Crippen molar-refractivity contribution in [3.8, 4) is 0 Å². The summed E-state index contributed by atoms with van der Waals surface area (Å²) in [7, 11) is 0. The van der Waals surface area contributed by atoms with Crippen molar-refractivity contribution in [2.75, 3.05) is 65.4 Å². The van der Waals surface area contributed by atoms with Crippen molar-refractivity contribution in [3.05, 3.63) is 0 Å². The second kappa shape index (κ2) is 14.0. The lowest BCUT2D eigenvalue weighted by atomic mass is 10.0. The summed E-state index contributed by atoms with van der Waals surface area (Å²) in [6.07, 6.45) is 3.50. The molecule has 0 spiro atoms. The van der Waals surface area contributed by atoms with Crippen molar-refractivity contribution < 1.29 is 14.7 Å². The smallest absolute Gasteiger partial charge is 0.303 e. The Kier molecular flexibility index (Phi) is 11.7. The molecule has 1 amide bonds. The molecule has 0 atom stereocenters. The zero-order valence-corrected chi connectivity index (χ0v) is 19.1. The summed E-state index contributed by atoms with van der Waals surface area (Å²) in [5.74, 6) is -0.987. The summed E-state index contributed by atoms with van der Waals surface area (Å²) in [6.45, 7) is 10.5. The highest BCUT2D eigenvalue weighted by Crippen LogP contribution is 2.06. The molecule has 0 aromatic heterocycles. The van der Waals surface area contributed by atoms with Crippen LogP contribution in [-0.4, -0.2) is 93.6 Å².